The summed E-state index contributed by atoms with van der Waals surface area (Å²) in [4.78, 5) is 11.8. The van der Waals surface area contributed by atoms with Crippen LogP contribution in [0.4, 0.5) is 4.39 Å². The van der Waals surface area contributed by atoms with Crippen LogP contribution in [0.5, 0.6) is 0 Å². The first-order valence-corrected chi connectivity index (χ1v) is 5.74. The third-order valence-electron chi connectivity index (χ3n) is 2.66. The number of hydrogen-bond acceptors (Lipinski definition) is 1. The molecular formula is C15H14FNO. The van der Waals surface area contributed by atoms with E-state index in [1.165, 1.54) is 23.8 Å². The molecule has 0 heterocycles. The van der Waals surface area contributed by atoms with Gasteiger partial charge in [-0.15, -0.1) is 0 Å². The molecule has 2 aromatic carbocycles. The van der Waals surface area contributed by atoms with Crippen molar-refractivity contribution in [2.45, 2.75) is 13.5 Å². The first-order valence-electron chi connectivity index (χ1n) is 5.74. The molecule has 2 aromatic rings. The minimum atomic E-state index is -0.405. The van der Waals surface area contributed by atoms with Gasteiger partial charge >= 0.3 is 0 Å². The first-order chi connectivity index (χ1) is 8.65. The van der Waals surface area contributed by atoms with E-state index in [-0.39, 0.29) is 5.91 Å². The highest BCUT2D eigenvalue weighted by molar-refractivity contribution is 5.94. The Morgan fingerprint density at radius 2 is 1.89 bits per heavy atom. The van der Waals surface area contributed by atoms with Gasteiger partial charge in [0, 0.05) is 12.1 Å². The minimum absolute atomic E-state index is 0.268. The fourth-order valence-corrected chi connectivity index (χ4v) is 1.62. The highest BCUT2D eigenvalue weighted by Crippen LogP contribution is 2.05. The van der Waals surface area contributed by atoms with Crippen molar-refractivity contribution in [1.82, 2.24) is 5.32 Å². The zero-order valence-electron chi connectivity index (χ0n) is 10.1. The maximum Gasteiger partial charge on any atom is 0.251 e. The maximum atomic E-state index is 13.0. The van der Waals surface area contributed by atoms with E-state index in [0.29, 0.717) is 12.1 Å². The second-order valence-electron chi connectivity index (χ2n) is 4.18. The summed E-state index contributed by atoms with van der Waals surface area (Å²) in [6, 6.07) is 13.6. The summed E-state index contributed by atoms with van der Waals surface area (Å²) in [6.45, 7) is 2.45. The van der Waals surface area contributed by atoms with Gasteiger partial charge in [-0.3, -0.25) is 4.79 Å². The Balaban J connectivity index is 1.98. The smallest absolute Gasteiger partial charge is 0.251 e. The molecule has 0 aliphatic heterocycles. The fourth-order valence-electron chi connectivity index (χ4n) is 1.62. The topological polar surface area (TPSA) is 29.1 Å². The van der Waals surface area contributed by atoms with E-state index in [4.69, 9.17) is 0 Å². The molecule has 18 heavy (non-hydrogen) atoms. The van der Waals surface area contributed by atoms with Gasteiger partial charge in [-0.2, -0.15) is 0 Å². The zero-order valence-corrected chi connectivity index (χ0v) is 10.1. The molecule has 1 N–H and O–H groups in total. The van der Waals surface area contributed by atoms with Crippen molar-refractivity contribution in [3.05, 3.63) is 71.0 Å². The van der Waals surface area contributed by atoms with E-state index < -0.39 is 5.82 Å². The molecule has 0 aromatic heterocycles. The number of hydrogen-bond donors (Lipinski definition) is 1. The van der Waals surface area contributed by atoms with Gasteiger partial charge in [0.25, 0.3) is 5.91 Å². The minimum Gasteiger partial charge on any atom is -0.348 e. The lowest BCUT2D eigenvalue weighted by atomic mass is 10.1. The van der Waals surface area contributed by atoms with Gasteiger partial charge in [0.2, 0.25) is 0 Å². The summed E-state index contributed by atoms with van der Waals surface area (Å²) in [5, 5.41) is 2.76. The number of amides is 1. The molecule has 1 amide bonds. The van der Waals surface area contributed by atoms with E-state index in [1.807, 2.05) is 31.2 Å². The van der Waals surface area contributed by atoms with Crippen molar-refractivity contribution in [1.29, 1.82) is 0 Å². The molecule has 0 saturated carbocycles. The van der Waals surface area contributed by atoms with Crippen LogP contribution in [0.25, 0.3) is 0 Å². The largest absolute Gasteiger partial charge is 0.348 e. The van der Waals surface area contributed by atoms with Crippen LogP contribution in [0, 0.1) is 12.7 Å². The Bertz CT molecular complexity index is 549. The van der Waals surface area contributed by atoms with Crippen molar-refractivity contribution in [2.24, 2.45) is 0 Å². The molecule has 2 rings (SSSR count). The van der Waals surface area contributed by atoms with Crippen LogP contribution in [0.2, 0.25) is 0 Å². The molecule has 3 heteroatoms. The summed E-state index contributed by atoms with van der Waals surface area (Å²) in [7, 11) is 0. The highest BCUT2D eigenvalue weighted by Gasteiger charge is 2.05. The summed E-state index contributed by atoms with van der Waals surface area (Å²) >= 11 is 0. The predicted octanol–water partition coefficient (Wildman–Crippen LogP) is 3.06. The summed E-state index contributed by atoms with van der Waals surface area (Å²) in [6.07, 6.45) is 0. The number of aryl methyl sites for hydroxylation is 1. The molecule has 0 aliphatic rings. The average molecular weight is 243 g/mol. The van der Waals surface area contributed by atoms with Gasteiger partial charge in [-0.05, 0) is 30.7 Å². The zero-order chi connectivity index (χ0) is 13.0. The Labute approximate surface area is 105 Å². The van der Waals surface area contributed by atoms with Crippen LogP contribution in [0.1, 0.15) is 21.5 Å². The number of nitrogens with one attached hydrogen (secondary N) is 1. The standard InChI is InChI=1S/C15H14FNO/c1-11-5-7-12(8-6-11)10-17-15(18)13-3-2-4-14(16)9-13/h2-9H,10H2,1H3,(H,17,18). The lowest BCUT2D eigenvalue weighted by Crippen LogP contribution is -2.22. The molecule has 0 radical (unpaired) electrons. The second kappa shape index (κ2) is 5.45. The number of rotatable bonds is 3. The van der Waals surface area contributed by atoms with Gasteiger partial charge in [0.1, 0.15) is 5.82 Å². The summed E-state index contributed by atoms with van der Waals surface area (Å²) in [5.41, 5.74) is 2.53. The number of halogens is 1. The highest BCUT2D eigenvalue weighted by atomic mass is 19.1. The van der Waals surface area contributed by atoms with Crippen molar-refractivity contribution < 1.29 is 9.18 Å². The molecule has 0 bridgehead atoms. The number of carbonyl (C=O) groups is 1. The normalized spacial score (nSPS) is 10.1. The lowest BCUT2D eigenvalue weighted by Gasteiger charge is -2.05. The molecule has 0 spiro atoms. The monoisotopic (exact) mass is 243 g/mol. The van der Waals surface area contributed by atoms with E-state index in [0.717, 1.165) is 5.56 Å². The number of benzene rings is 2. The number of carbonyl (C=O) groups excluding carboxylic acids is 1. The molecule has 0 unspecified atom stereocenters. The predicted molar refractivity (Wildman–Crippen MR) is 68.7 cm³/mol. The molecule has 0 fully saturated rings. The van der Waals surface area contributed by atoms with Crippen LogP contribution in [0.3, 0.4) is 0 Å². The molecule has 0 saturated heterocycles. The lowest BCUT2D eigenvalue weighted by molar-refractivity contribution is 0.0950. The molecule has 92 valence electrons. The molecular weight excluding hydrogens is 229 g/mol. The SMILES string of the molecule is Cc1ccc(CNC(=O)c2cccc(F)c2)cc1. The van der Waals surface area contributed by atoms with Crippen molar-refractivity contribution in [3.63, 3.8) is 0 Å². The molecule has 2 nitrogen and oxygen atoms in total. The van der Waals surface area contributed by atoms with Gasteiger partial charge in [-0.25, -0.2) is 4.39 Å². The Morgan fingerprint density at radius 3 is 2.56 bits per heavy atom. The van der Waals surface area contributed by atoms with Crippen molar-refractivity contribution in [2.75, 3.05) is 0 Å². The Kier molecular flexibility index (Phi) is 3.72. The van der Waals surface area contributed by atoms with Gasteiger partial charge < -0.3 is 5.32 Å². The van der Waals surface area contributed by atoms with Crippen LogP contribution in [-0.4, -0.2) is 5.91 Å². The van der Waals surface area contributed by atoms with E-state index in [1.54, 1.807) is 6.07 Å². The van der Waals surface area contributed by atoms with E-state index >= 15 is 0 Å². The fraction of sp³-hybridized carbons (Fsp3) is 0.133. The quantitative estimate of drug-likeness (QED) is 0.882. The van der Waals surface area contributed by atoms with Gasteiger partial charge in [0.05, 0.1) is 0 Å². The van der Waals surface area contributed by atoms with Gasteiger partial charge in [0.15, 0.2) is 0 Å². The van der Waals surface area contributed by atoms with Crippen LogP contribution >= 0.6 is 0 Å². The van der Waals surface area contributed by atoms with Crippen molar-refractivity contribution >= 4 is 5.91 Å². The van der Waals surface area contributed by atoms with Crippen LogP contribution in [-0.2, 0) is 6.54 Å². The Hall–Kier alpha value is -2.16. The Morgan fingerprint density at radius 1 is 1.17 bits per heavy atom. The van der Waals surface area contributed by atoms with E-state index in [2.05, 4.69) is 5.32 Å². The maximum absolute atomic E-state index is 13.0. The van der Waals surface area contributed by atoms with Gasteiger partial charge in [-0.1, -0.05) is 35.9 Å². The van der Waals surface area contributed by atoms with Crippen LogP contribution < -0.4 is 5.32 Å². The second-order valence-corrected chi connectivity index (χ2v) is 4.18. The molecule has 0 atom stereocenters. The third-order valence-corrected chi connectivity index (χ3v) is 2.66. The van der Waals surface area contributed by atoms with E-state index in [9.17, 15) is 9.18 Å². The average Bonchev–Trinajstić information content (AvgIpc) is 2.38. The molecule has 0 aliphatic carbocycles. The first kappa shape index (κ1) is 12.3. The summed E-state index contributed by atoms with van der Waals surface area (Å²) in [5.74, 6) is -0.673. The summed E-state index contributed by atoms with van der Waals surface area (Å²) < 4.78 is 13.0. The van der Waals surface area contributed by atoms with Crippen molar-refractivity contribution in [3.8, 4) is 0 Å². The van der Waals surface area contributed by atoms with Crippen LogP contribution in [0.15, 0.2) is 48.5 Å². The third kappa shape index (κ3) is 3.17.